The van der Waals surface area contributed by atoms with Crippen LogP contribution in [0.15, 0.2) is 9.50 Å². The van der Waals surface area contributed by atoms with Gasteiger partial charge in [0.1, 0.15) is 12.1 Å². The summed E-state index contributed by atoms with van der Waals surface area (Å²) in [6.45, 7) is 0. The van der Waals surface area contributed by atoms with E-state index in [0.717, 1.165) is 0 Å². The third-order valence-corrected chi connectivity index (χ3v) is 0.762. The van der Waals surface area contributed by atoms with E-state index in [1.54, 1.807) is 12.4 Å². The number of rotatable bonds is 0. The summed E-state index contributed by atoms with van der Waals surface area (Å²) in [6.07, 6.45) is 3.22. The van der Waals surface area contributed by atoms with Crippen molar-refractivity contribution in [2.75, 3.05) is 0 Å². The van der Waals surface area contributed by atoms with Crippen molar-refractivity contribution in [3.8, 4) is 0 Å². The van der Waals surface area contributed by atoms with Crippen LogP contribution in [0.25, 0.3) is 0 Å². The monoisotopic (exact) mass is 101 g/mol. The van der Waals surface area contributed by atoms with Crippen molar-refractivity contribution in [2.45, 2.75) is 0 Å². The van der Waals surface area contributed by atoms with E-state index in [4.69, 9.17) is 0 Å². The molecule has 0 aromatic heterocycles. The molecule has 0 saturated heterocycles. The van der Waals surface area contributed by atoms with Gasteiger partial charge < -0.3 is 0 Å². The van der Waals surface area contributed by atoms with Crippen molar-refractivity contribution in [3.05, 3.63) is 0 Å². The predicted octanol–water partition coefficient (Wildman–Crippen LogP) is 0.209. The van der Waals surface area contributed by atoms with Crippen LogP contribution >= 0.6 is 12.1 Å². The molecular formula is C2H3N3S. The fraction of sp³-hybridized carbons (Fsp3) is 0. The van der Waals surface area contributed by atoms with Crippen LogP contribution < -0.4 is 4.83 Å². The fourth-order valence-corrected chi connectivity index (χ4v) is 0.439. The third kappa shape index (κ3) is 0.718. The minimum Gasteiger partial charge on any atom is -0.232 e. The molecule has 1 aliphatic rings. The minimum atomic E-state index is 1.22. The first-order valence-electron chi connectivity index (χ1n) is 1.46. The third-order valence-electron chi connectivity index (χ3n) is 0.348. The van der Waals surface area contributed by atoms with Gasteiger partial charge in [0.2, 0.25) is 0 Å². The fourth-order valence-electron chi connectivity index (χ4n) is 0.169. The van der Waals surface area contributed by atoms with E-state index in [1.807, 2.05) is 0 Å². The largest absolute Gasteiger partial charge is 0.232 e. The molecule has 1 heterocycles. The maximum atomic E-state index is 3.71. The maximum Gasteiger partial charge on any atom is 0.108 e. The quantitative estimate of drug-likeness (QED) is 0.443. The lowest BCUT2D eigenvalue weighted by Gasteiger charge is -1.90. The summed E-state index contributed by atoms with van der Waals surface area (Å²) >= 11 is 1.22. The average Bonchev–Trinajstić information content (AvgIpc) is 1.72. The summed E-state index contributed by atoms with van der Waals surface area (Å²) < 4.78 is 3.71. The Hall–Kier alpha value is -0.510. The summed E-state index contributed by atoms with van der Waals surface area (Å²) in [5.41, 5.74) is 0. The molecule has 0 fully saturated rings. The van der Waals surface area contributed by atoms with Crippen LogP contribution in [0.3, 0.4) is 0 Å². The van der Waals surface area contributed by atoms with Gasteiger partial charge in [-0.15, -0.1) is 0 Å². The van der Waals surface area contributed by atoms with Crippen LogP contribution in [0.2, 0.25) is 0 Å². The minimum absolute atomic E-state index is 1.22. The molecular weight excluding hydrogens is 98.1 g/mol. The van der Waals surface area contributed by atoms with Gasteiger partial charge in [0.15, 0.2) is 0 Å². The van der Waals surface area contributed by atoms with Gasteiger partial charge in [-0.05, 0) is 0 Å². The van der Waals surface area contributed by atoms with Crippen LogP contribution in [0.4, 0.5) is 0 Å². The second kappa shape index (κ2) is 1.81. The van der Waals surface area contributed by atoms with Crippen molar-refractivity contribution < 1.29 is 0 Å². The summed E-state index contributed by atoms with van der Waals surface area (Å²) in [5, 5.41) is 3.62. The van der Waals surface area contributed by atoms with Gasteiger partial charge in [0.05, 0.1) is 12.4 Å². The highest BCUT2D eigenvalue weighted by molar-refractivity contribution is 7.96. The summed E-state index contributed by atoms with van der Waals surface area (Å²) in [6, 6.07) is 0. The van der Waals surface area contributed by atoms with Gasteiger partial charge in [-0.3, -0.25) is 0 Å². The molecule has 0 aliphatic carbocycles. The number of hydrazone groups is 1. The van der Waals surface area contributed by atoms with Crippen molar-refractivity contribution >= 4 is 24.6 Å². The Balaban J connectivity index is 2.46. The van der Waals surface area contributed by atoms with E-state index >= 15 is 0 Å². The molecule has 6 heavy (non-hydrogen) atoms. The Bertz CT molecular complexity index is 74.8. The van der Waals surface area contributed by atoms with Crippen LogP contribution in [0.5, 0.6) is 0 Å². The van der Waals surface area contributed by atoms with E-state index < -0.39 is 0 Å². The van der Waals surface area contributed by atoms with Crippen LogP contribution in [-0.4, -0.2) is 12.4 Å². The molecule has 0 saturated carbocycles. The van der Waals surface area contributed by atoms with Gasteiger partial charge in [-0.25, -0.2) is 9.23 Å². The van der Waals surface area contributed by atoms with Gasteiger partial charge in [0, 0.05) is 0 Å². The first kappa shape index (κ1) is 3.67. The second-order valence-electron chi connectivity index (χ2n) is 0.715. The molecule has 0 amide bonds. The first-order chi connectivity index (χ1) is 3.00. The van der Waals surface area contributed by atoms with E-state index in [1.165, 1.54) is 12.1 Å². The predicted molar refractivity (Wildman–Crippen MR) is 27.7 cm³/mol. The molecule has 0 atom stereocenters. The standard InChI is InChI=1S/C2H3N3S/c1-2-4-6-5-3-1/h1-2,5H. The number of hydrogen-bond acceptors (Lipinski definition) is 4. The molecule has 0 spiro atoms. The SMILES string of the molecule is C1=NNSN=C1. The van der Waals surface area contributed by atoms with Crippen LogP contribution in [0, 0.1) is 0 Å². The van der Waals surface area contributed by atoms with Gasteiger partial charge in [0.25, 0.3) is 0 Å². The Morgan fingerprint density at radius 3 is 2.67 bits per heavy atom. The van der Waals surface area contributed by atoms with Crippen molar-refractivity contribution in [2.24, 2.45) is 9.50 Å². The Labute approximate surface area is 39.8 Å². The summed E-state index contributed by atoms with van der Waals surface area (Å²) in [7, 11) is 0. The zero-order chi connectivity index (χ0) is 4.24. The molecule has 0 unspecified atom stereocenters. The van der Waals surface area contributed by atoms with Crippen molar-refractivity contribution in [3.63, 3.8) is 0 Å². The molecule has 3 nitrogen and oxygen atoms in total. The summed E-state index contributed by atoms with van der Waals surface area (Å²) in [4.78, 5) is 2.57. The van der Waals surface area contributed by atoms with Gasteiger partial charge in [-0.1, -0.05) is 0 Å². The Morgan fingerprint density at radius 1 is 1.50 bits per heavy atom. The molecule has 0 aromatic rings. The number of nitrogens with zero attached hydrogens (tertiary/aromatic N) is 2. The molecule has 0 bridgehead atoms. The molecule has 32 valence electrons. The van der Waals surface area contributed by atoms with Gasteiger partial charge in [-0.2, -0.15) is 5.10 Å². The lowest BCUT2D eigenvalue weighted by Crippen LogP contribution is -1.95. The van der Waals surface area contributed by atoms with E-state index in [-0.39, 0.29) is 0 Å². The Kier molecular flexibility index (Phi) is 1.11. The lowest BCUT2D eigenvalue weighted by molar-refractivity contribution is 1.13. The lowest BCUT2D eigenvalue weighted by atomic mass is 10.8. The zero-order valence-electron chi connectivity index (χ0n) is 2.96. The van der Waals surface area contributed by atoms with Crippen LogP contribution in [-0.2, 0) is 0 Å². The molecule has 1 rings (SSSR count). The van der Waals surface area contributed by atoms with Crippen molar-refractivity contribution in [1.82, 2.24) is 4.83 Å². The number of hydrogen-bond donors (Lipinski definition) is 1. The molecule has 0 radical (unpaired) electrons. The normalized spacial score (nSPS) is 17.3. The highest BCUT2D eigenvalue weighted by Gasteiger charge is 1.76. The highest BCUT2D eigenvalue weighted by Crippen LogP contribution is 1.93. The van der Waals surface area contributed by atoms with E-state index in [9.17, 15) is 0 Å². The highest BCUT2D eigenvalue weighted by atomic mass is 32.2. The summed E-state index contributed by atoms with van der Waals surface area (Å²) in [5.74, 6) is 0. The Morgan fingerprint density at radius 2 is 2.50 bits per heavy atom. The second-order valence-corrected chi connectivity index (χ2v) is 1.29. The van der Waals surface area contributed by atoms with Crippen LogP contribution in [0.1, 0.15) is 0 Å². The first-order valence-corrected chi connectivity index (χ1v) is 2.23. The van der Waals surface area contributed by atoms with E-state index in [2.05, 4.69) is 14.3 Å². The molecule has 0 aromatic carbocycles. The van der Waals surface area contributed by atoms with Crippen molar-refractivity contribution in [1.29, 1.82) is 0 Å². The number of nitrogens with one attached hydrogen (secondary N) is 1. The smallest absolute Gasteiger partial charge is 0.108 e. The molecule has 4 heteroatoms. The molecule has 1 N–H and O–H groups in total. The maximum absolute atomic E-state index is 3.71. The average molecular weight is 101 g/mol. The van der Waals surface area contributed by atoms with Gasteiger partial charge >= 0.3 is 0 Å². The molecule has 1 aliphatic heterocycles. The van der Waals surface area contributed by atoms with E-state index in [0.29, 0.717) is 0 Å². The topological polar surface area (TPSA) is 36.8 Å². The zero-order valence-corrected chi connectivity index (χ0v) is 3.77.